The van der Waals surface area contributed by atoms with E-state index in [1.165, 1.54) is 4.90 Å². The van der Waals surface area contributed by atoms with E-state index in [0.717, 1.165) is 12.8 Å². The van der Waals surface area contributed by atoms with E-state index in [4.69, 9.17) is 4.74 Å². The normalized spacial score (nSPS) is 22.1. The summed E-state index contributed by atoms with van der Waals surface area (Å²) in [5, 5.41) is 6.68. The Morgan fingerprint density at radius 3 is 2.72 bits per heavy atom. The number of rotatable bonds is 3. The van der Waals surface area contributed by atoms with Crippen LogP contribution in [-0.4, -0.2) is 47.1 Å². The third kappa shape index (κ3) is 4.10. The number of fused-ring (bicyclic) bond motifs is 1. The molecule has 0 aromatic carbocycles. The number of ether oxygens (including phenoxy) is 1. The van der Waals surface area contributed by atoms with Crippen LogP contribution in [0, 0.1) is 0 Å². The summed E-state index contributed by atoms with van der Waals surface area (Å²) in [6, 6.07) is 3.56. The average Bonchev–Trinajstić information content (AvgIpc) is 2.47. The molecule has 3 heterocycles. The van der Waals surface area contributed by atoms with Crippen molar-refractivity contribution >= 4 is 17.6 Å². The molecule has 2 aliphatic heterocycles. The van der Waals surface area contributed by atoms with Gasteiger partial charge in [-0.1, -0.05) is 0 Å². The predicted molar refractivity (Wildman–Crippen MR) is 94.5 cm³/mol. The molecule has 2 amide bonds. The quantitative estimate of drug-likeness (QED) is 0.860. The van der Waals surface area contributed by atoms with Crippen molar-refractivity contribution in [3.63, 3.8) is 0 Å². The molecular formula is C18H26N4O3. The van der Waals surface area contributed by atoms with Gasteiger partial charge in [-0.3, -0.25) is 14.5 Å². The van der Waals surface area contributed by atoms with Crippen molar-refractivity contribution in [1.82, 2.24) is 15.6 Å². The highest BCUT2D eigenvalue weighted by molar-refractivity contribution is 6.01. The molecule has 1 aromatic heterocycles. The highest BCUT2D eigenvalue weighted by atomic mass is 16.5. The number of anilines is 1. The lowest BCUT2D eigenvalue weighted by molar-refractivity contribution is -0.126. The lowest BCUT2D eigenvalue weighted by atomic mass is 9.79. The maximum atomic E-state index is 12.6. The Labute approximate surface area is 148 Å². The van der Waals surface area contributed by atoms with Gasteiger partial charge < -0.3 is 15.4 Å². The van der Waals surface area contributed by atoms with Gasteiger partial charge >= 0.3 is 0 Å². The van der Waals surface area contributed by atoms with Crippen LogP contribution < -0.4 is 20.3 Å². The summed E-state index contributed by atoms with van der Waals surface area (Å²) in [6.45, 7) is 8.44. The van der Waals surface area contributed by atoms with E-state index < -0.39 is 0 Å². The molecule has 0 bridgehead atoms. The van der Waals surface area contributed by atoms with Crippen LogP contribution in [0.5, 0.6) is 5.75 Å². The van der Waals surface area contributed by atoms with E-state index in [1.807, 2.05) is 0 Å². The van der Waals surface area contributed by atoms with Crippen molar-refractivity contribution in [2.24, 2.45) is 0 Å². The molecule has 136 valence electrons. The van der Waals surface area contributed by atoms with Crippen LogP contribution in [0.3, 0.4) is 0 Å². The minimum absolute atomic E-state index is 0.0447. The summed E-state index contributed by atoms with van der Waals surface area (Å²) in [5.41, 5.74) is -0.106. The molecule has 7 nitrogen and oxygen atoms in total. The zero-order chi connectivity index (χ0) is 18.2. The number of aromatic nitrogens is 1. The van der Waals surface area contributed by atoms with Crippen LogP contribution in [0.2, 0.25) is 0 Å². The summed E-state index contributed by atoms with van der Waals surface area (Å²) in [4.78, 5) is 30.3. The molecular weight excluding hydrogens is 320 g/mol. The average molecular weight is 346 g/mol. The second-order valence-electron chi connectivity index (χ2n) is 8.16. The zero-order valence-electron chi connectivity index (χ0n) is 15.3. The molecule has 2 N–H and O–H groups in total. The second kappa shape index (κ2) is 6.29. The van der Waals surface area contributed by atoms with Crippen molar-refractivity contribution in [3.05, 3.63) is 18.3 Å². The van der Waals surface area contributed by atoms with Crippen LogP contribution in [0.25, 0.3) is 0 Å². The first-order valence-electron chi connectivity index (χ1n) is 8.62. The Hall–Kier alpha value is -2.15. The smallest absolute Gasteiger partial charge is 0.266 e. The Morgan fingerprint density at radius 2 is 2.04 bits per heavy atom. The maximum absolute atomic E-state index is 12.6. The summed E-state index contributed by atoms with van der Waals surface area (Å²) < 4.78 is 5.36. The first kappa shape index (κ1) is 17.7. The van der Waals surface area contributed by atoms with Gasteiger partial charge in [0, 0.05) is 23.3 Å². The van der Waals surface area contributed by atoms with Crippen molar-refractivity contribution in [2.45, 2.75) is 57.7 Å². The van der Waals surface area contributed by atoms with Gasteiger partial charge in [0.05, 0.1) is 0 Å². The molecule has 7 heteroatoms. The lowest BCUT2D eigenvalue weighted by Gasteiger charge is -2.46. The third-order valence-corrected chi connectivity index (χ3v) is 4.52. The number of carbonyl (C=O) groups excluding carboxylic acids is 2. The SMILES string of the molecule is CC1(C)CC(NC(=O)CN2C(=O)COc3cccnc32)CC(C)(C)N1. The molecule has 1 saturated heterocycles. The molecule has 25 heavy (non-hydrogen) atoms. The third-order valence-electron chi connectivity index (χ3n) is 4.52. The van der Waals surface area contributed by atoms with E-state index in [9.17, 15) is 9.59 Å². The first-order chi connectivity index (χ1) is 11.7. The predicted octanol–water partition coefficient (Wildman–Crippen LogP) is 1.23. The molecule has 0 radical (unpaired) electrons. The Kier molecular flexibility index (Phi) is 4.45. The second-order valence-corrected chi connectivity index (χ2v) is 8.16. The Morgan fingerprint density at radius 1 is 1.36 bits per heavy atom. The number of hydrogen-bond donors (Lipinski definition) is 2. The van der Waals surface area contributed by atoms with Gasteiger partial charge in [-0.25, -0.2) is 4.98 Å². The van der Waals surface area contributed by atoms with Crippen molar-refractivity contribution in [1.29, 1.82) is 0 Å². The number of amides is 2. The number of hydrogen-bond acceptors (Lipinski definition) is 5. The standard InChI is InChI=1S/C18H26N4O3/c1-17(2)8-12(9-18(3,4)21-17)20-14(23)10-22-15(24)11-25-13-6-5-7-19-16(13)22/h5-7,12,21H,8-11H2,1-4H3,(H,20,23). The van der Waals surface area contributed by atoms with Gasteiger partial charge in [-0.05, 0) is 52.7 Å². The number of carbonyl (C=O) groups is 2. The fraction of sp³-hybridized carbons (Fsp3) is 0.611. The van der Waals surface area contributed by atoms with E-state index in [2.05, 4.69) is 43.3 Å². The van der Waals surface area contributed by atoms with Gasteiger partial charge in [-0.15, -0.1) is 0 Å². The highest BCUT2D eigenvalue weighted by Gasteiger charge is 2.38. The zero-order valence-corrected chi connectivity index (χ0v) is 15.3. The largest absolute Gasteiger partial charge is 0.480 e. The molecule has 2 aliphatic rings. The van der Waals surface area contributed by atoms with E-state index >= 15 is 0 Å². The van der Waals surface area contributed by atoms with Gasteiger partial charge in [0.25, 0.3) is 5.91 Å². The van der Waals surface area contributed by atoms with Crippen LogP contribution in [-0.2, 0) is 9.59 Å². The summed E-state index contributed by atoms with van der Waals surface area (Å²) in [5.74, 6) is 0.497. The fourth-order valence-electron chi connectivity index (χ4n) is 4.04. The first-order valence-corrected chi connectivity index (χ1v) is 8.62. The molecule has 0 atom stereocenters. The van der Waals surface area contributed by atoms with E-state index in [-0.39, 0.29) is 42.1 Å². The van der Waals surface area contributed by atoms with Crippen molar-refractivity contribution < 1.29 is 14.3 Å². The molecule has 1 fully saturated rings. The molecule has 3 rings (SSSR count). The monoisotopic (exact) mass is 346 g/mol. The molecule has 0 spiro atoms. The van der Waals surface area contributed by atoms with E-state index in [1.54, 1.807) is 18.3 Å². The van der Waals surface area contributed by atoms with Crippen LogP contribution >= 0.6 is 0 Å². The minimum Gasteiger partial charge on any atom is -0.480 e. The Bertz CT molecular complexity index is 671. The number of piperidine rings is 1. The molecule has 0 aliphatic carbocycles. The highest BCUT2D eigenvalue weighted by Crippen LogP contribution is 2.30. The summed E-state index contributed by atoms with van der Waals surface area (Å²) in [7, 11) is 0. The van der Waals surface area contributed by atoms with Gasteiger partial charge in [0.1, 0.15) is 6.54 Å². The molecule has 1 aromatic rings. The summed E-state index contributed by atoms with van der Waals surface area (Å²) >= 11 is 0. The summed E-state index contributed by atoms with van der Waals surface area (Å²) in [6.07, 6.45) is 3.27. The van der Waals surface area contributed by atoms with Gasteiger partial charge in [0.2, 0.25) is 5.91 Å². The number of nitrogens with one attached hydrogen (secondary N) is 2. The number of pyridine rings is 1. The van der Waals surface area contributed by atoms with Crippen LogP contribution in [0.4, 0.5) is 5.82 Å². The van der Waals surface area contributed by atoms with Crippen molar-refractivity contribution in [3.8, 4) is 5.75 Å². The molecule has 0 unspecified atom stereocenters. The van der Waals surface area contributed by atoms with Crippen molar-refractivity contribution in [2.75, 3.05) is 18.1 Å². The molecule has 0 saturated carbocycles. The van der Waals surface area contributed by atoms with Gasteiger partial charge in [-0.2, -0.15) is 0 Å². The minimum atomic E-state index is -0.257. The fourth-order valence-corrected chi connectivity index (χ4v) is 4.04. The van der Waals surface area contributed by atoms with Crippen LogP contribution in [0.15, 0.2) is 18.3 Å². The maximum Gasteiger partial charge on any atom is 0.266 e. The van der Waals surface area contributed by atoms with E-state index in [0.29, 0.717) is 11.6 Å². The lowest BCUT2D eigenvalue weighted by Crippen LogP contribution is -2.62. The Balaban J connectivity index is 1.68. The van der Waals surface area contributed by atoms with Gasteiger partial charge in [0.15, 0.2) is 18.2 Å². The number of nitrogens with zero attached hydrogens (tertiary/aromatic N) is 2. The van der Waals surface area contributed by atoms with Crippen LogP contribution in [0.1, 0.15) is 40.5 Å². The topological polar surface area (TPSA) is 83.6 Å².